The third-order valence-corrected chi connectivity index (χ3v) is 7.31. The number of thiophene rings is 1. The third-order valence-electron chi connectivity index (χ3n) is 6.18. The van der Waals surface area contributed by atoms with Gasteiger partial charge in [-0.3, -0.25) is 4.79 Å². The maximum absolute atomic E-state index is 13.8. The molecule has 150 valence electrons. The molecule has 1 fully saturated rings. The molecular formula is C25H16ClN3OS. The smallest absolute Gasteiger partial charge is 0.195 e. The average Bonchev–Trinajstić information content (AvgIpc) is 3.44. The van der Waals surface area contributed by atoms with Gasteiger partial charge >= 0.3 is 0 Å². The molecule has 0 saturated carbocycles. The van der Waals surface area contributed by atoms with Gasteiger partial charge in [0.15, 0.2) is 11.2 Å². The number of para-hydroxylation sites is 1. The number of hydrogen-bond acceptors (Lipinski definition) is 5. The summed E-state index contributed by atoms with van der Waals surface area (Å²) in [6, 6.07) is 21.9. The van der Waals surface area contributed by atoms with Gasteiger partial charge in [0, 0.05) is 16.6 Å². The number of benzene rings is 2. The molecule has 1 saturated heterocycles. The van der Waals surface area contributed by atoms with E-state index in [4.69, 9.17) is 11.6 Å². The van der Waals surface area contributed by atoms with Crippen molar-refractivity contribution in [2.45, 2.75) is 18.0 Å². The van der Waals surface area contributed by atoms with Crippen LogP contribution in [0.1, 0.15) is 26.7 Å². The van der Waals surface area contributed by atoms with E-state index in [0.717, 1.165) is 16.8 Å². The zero-order valence-electron chi connectivity index (χ0n) is 16.3. The molecule has 2 aliphatic heterocycles. The fourth-order valence-corrected chi connectivity index (χ4v) is 5.67. The summed E-state index contributed by atoms with van der Waals surface area (Å²) in [5.41, 5.74) is 1.14. The second-order valence-electron chi connectivity index (χ2n) is 7.68. The monoisotopic (exact) mass is 441 g/mol. The molecule has 6 heteroatoms. The molecule has 0 amide bonds. The molecule has 0 unspecified atom stereocenters. The SMILES string of the molecule is N#CC1(C#N)[C@H](c2ccc(Cl)cc2)[C@@H](C(=O)c2cccs2)N2c3ccccc3C=C[C@@H]21. The van der Waals surface area contributed by atoms with Crippen molar-refractivity contribution in [1.29, 1.82) is 10.5 Å². The number of halogens is 1. The van der Waals surface area contributed by atoms with Gasteiger partial charge in [-0.05, 0) is 40.8 Å². The number of rotatable bonds is 3. The van der Waals surface area contributed by atoms with Crippen LogP contribution in [-0.2, 0) is 0 Å². The summed E-state index contributed by atoms with van der Waals surface area (Å²) in [6.45, 7) is 0. The van der Waals surface area contributed by atoms with Crippen LogP contribution >= 0.6 is 22.9 Å². The number of nitriles is 2. The fourth-order valence-electron chi connectivity index (χ4n) is 4.84. The number of anilines is 1. The molecule has 2 aliphatic rings. The second-order valence-corrected chi connectivity index (χ2v) is 9.06. The van der Waals surface area contributed by atoms with Crippen LogP contribution in [0.4, 0.5) is 5.69 Å². The predicted octanol–water partition coefficient (Wildman–Crippen LogP) is 5.69. The molecule has 2 aromatic carbocycles. The van der Waals surface area contributed by atoms with Crippen LogP contribution in [0.3, 0.4) is 0 Å². The molecule has 5 rings (SSSR count). The number of Topliss-reactive ketones (excluding diaryl/α,β-unsaturated/α-hetero) is 1. The zero-order valence-corrected chi connectivity index (χ0v) is 17.8. The van der Waals surface area contributed by atoms with E-state index in [9.17, 15) is 15.3 Å². The van der Waals surface area contributed by atoms with E-state index in [1.54, 1.807) is 18.2 Å². The molecule has 3 aromatic rings. The van der Waals surface area contributed by atoms with Gasteiger partial charge in [0.25, 0.3) is 0 Å². The van der Waals surface area contributed by atoms with E-state index in [-0.39, 0.29) is 5.78 Å². The number of nitrogens with zero attached hydrogens (tertiary/aromatic N) is 3. The molecule has 0 aliphatic carbocycles. The lowest BCUT2D eigenvalue weighted by Crippen LogP contribution is -2.44. The van der Waals surface area contributed by atoms with Crippen molar-refractivity contribution in [2.24, 2.45) is 5.41 Å². The third kappa shape index (κ3) is 2.82. The van der Waals surface area contributed by atoms with Gasteiger partial charge in [0.2, 0.25) is 0 Å². The molecule has 3 atom stereocenters. The van der Waals surface area contributed by atoms with E-state index in [0.29, 0.717) is 9.90 Å². The summed E-state index contributed by atoms with van der Waals surface area (Å²) in [7, 11) is 0. The minimum atomic E-state index is -1.44. The van der Waals surface area contributed by atoms with Gasteiger partial charge in [-0.1, -0.05) is 60.2 Å². The lowest BCUT2D eigenvalue weighted by atomic mass is 9.69. The van der Waals surface area contributed by atoms with Crippen LogP contribution < -0.4 is 4.90 Å². The van der Waals surface area contributed by atoms with Crippen LogP contribution in [0.15, 0.2) is 72.1 Å². The van der Waals surface area contributed by atoms with Gasteiger partial charge in [-0.25, -0.2) is 0 Å². The molecule has 1 aromatic heterocycles. The highest BCUT2D eigenvalue weighted by Gasteiger charge is 2.63. The van der Waals surface area contributed by atoms with Gasteiger partial charge < -0.3 is 4.90 Å². The fraction of sp³-hybridized carbons (Fsp3) is 0.160. The minimum absolute atomic E-state index is 0.0857. The summed E-state index contributed by atoms with van der Waals surface area (Å²) in [5, 5.41) is 23.1. The van der Waals surface area contributed by atoms with Crippen LogP contribution in [-0.4, -0.2) is 17.9 Å². The van der Waals surface area contributed by atoms with E-state index < -0.39 is 23.4 Å². The standard InChI is InChI=1S/C25H16ClN3OS/c26-18-10-7-17(8-11-18)22-23(24(30)20-6-3-13-31-20)29-19-5-2-1-4-16(19)9-12-21(29)25(22,14-27)15-28/h1-13,21-23H/t21-,22-,23+/m1/s1. The molecular weight excluding hydrogens is 426 g/mol. The Hall–Kier alpha value is -3.38. The van der Waals surface area contributed by atoms with Crippen molar-refractivity contribution in [3.05, 3.63) is 93.1 Å². The Labute approximate surface area is 189 Å². The summed E-state index contributed by atoms with van der Waals surface area (Å²) in [5.74, 6) is -0.729. The highest BCUT2D eigenvalue weighted by Crippen LogP contribution is 2.55. The van der Waals surface area contributed by atoms with Crippen molar-refractivity contribution in [2.75, 3.05) is 4.90 Å². The van der Waals surface area contributed by atoms with E-state index in [1.807, 2.05) is 64.9 Å². The highest BCUT2D eigenvalue weighted by molar-refractivity contribution is 7.12. The molecule has 4 nitrogen and oxygen atoms in total. The van der Waals surface area contributed by atoms with E-state index >= 15 is 0 Å². The topological polar surface area (TPSA) is 67.9 Å². The van der Waals surface area contributed by atoms with E-state index in [2.05, 4.69) is 12.1 Å². The summed E-state index contributed by atoms with van der Waals surface area (Å²) in [6.07, 6.45) is 3.83. The molecule has 31 heavy (non-hydrogen) atoms. The Bertz CT molecular complexity index is 1250. The van der Waals surface area contributed by atoms with Crippen molar-refractivity contribution in [3.8, 4) is 12.1 Å². The van der Waals surface area contributed by atoms with Crippen molar-refractivity contribution in [1.82, 2.24) is 0 Å². The first kappa shape index (κ1) is 19.6. The molecule has 0 radical (unpaired) electrons. The van der Waals surface area contributed by atoms with Crippen LogP contribution in [0.25, 0.3) is 6.08 Å². The Morgan fingerprint density at radius 3 is 2.45 bits per heavy atom. The maximum atomic E-state index is 13.8. The van der Waals surface area contributed by atoms with Crippen molar-refractivity contribution < 1.29 is 4.79 Å². The summed E-state index contributed by atoms with van der Waals surface area (Å²) < 4.78 is 0. The van der Waals surface area contributed by atoms with E-state index in [1.165, 1.54) is 11.3 Å². The molecule has 0 N–H and O–H groups in total. The highest BCUT2D eigenvalue weighted by atomic mass is 35.5. The average molecular weight is 442 g/mol. The number of carbonyl (C=O) groups excluding carboxylic acids is 1. The number of carbonyl (C=O) groups is 1. The second kappa shape index (κ2) is 7.39. The summed E-state index contributed by atoms with van der Waals surface area (Å²) >= 11 is 7.48. The molecule has 3 heterocycles. The number of ketones is 1. The van der Waals surface area contributed by atoms with Crippen molar-refractivity contribution >= 4 is 40.5 Å². The van der Waals surface area contributed by atoms with Gasteiger partial charge in [-0.2, -0.15) is 10.5 Å². The Kier molecular flexibility index (Phi) is 4.67. The Morgan fingerprint density at radius 1 is 1.03 bits per heavy atom. The van der Waals surface area contributed by atoms with Gasteiger partial charge in [-0.15, -0.1) is 11.3 Å². The zero-order chi connectivity index (χ0) is 21.6. The molecule has 0 bridgehead atoms. The lowest BCUT2D eigenvalue weighted by molar-refractivity contribution is 0.0955. The molecule has 0 spiro atoms. The number of fused-ring (bicyclic) bond motifs is 3. The Balaban J connectivity index is 1.79. The van der Waals surface area contributed by atoms with Gasteiger partial charge in [0.05, 0.1) is 23.1 Å². The first-order valence-corrected chi connectivity index (χ1v) is 11.1. The lowest BCUT2D eigenvalue weighted by Gasteiger charge is -2.35. The minimum Gasteiger partial charge on any atom is -0.351 e. The first-order valence-electron chi connectivity index (χ1n) is 9.82. The Morgan fingerprint density at radius 2 is 1.77 bits per heavy atom. The quantitative estimate of drug-likeness (QED) is 0.490. The summed E-state index contributed by atoms with van der Waals surface area (Å²) in [4.78, 5) is 16.4. The van der Waals surface area contributed by atoms with Gasteiger partial charge in [0.1, 0.15) is 6.04 Å². The van der Waals surface area contributed by atoms with Crippen molar-refractivity contribution in [3.63, 3.8) is 0 Å². The largest absolute Gasteiger partial charge is 0.351 e. The van der Waals surface area contributed by atoms with Crippen LogP contribution in [0, 0.1) is 28.1 Å². The first-order chi connectivity index (χ1) is 15.1. The van der Waals surface area contributed by atoms with Crippen LogP contribution in [0.2, 0.25) is 5.02 Å². The number of hydrogen-bond donors (Lipinski definition) is 0. The predicted molar refractivity (Wildman–Crippen MR) is 122 cm³/mol. The maximum Gasteiger partial charge on any atom is 0.195 e. The normalized spacial score (nSPS) is 22.8. The van der Waals surface area contributed by atoms with Crippen LogP contribution in [0.5, 0.6) is 0 Å².